The second kappa shape index (κ2) is 3.55. The predicted molar refractivity (Wildman–Crippen MR) is 53.5 cm³/mol. The van der Waals surface area contributed by atoms with Crippen LogP contribution < -0.4 is 0 Å². The molecule has 0 aliphatic heterocycles. The minimum atomic E-state index is -0.0722. The summed E-state index contributed by atoms with van der Waals surface area (Å²) in [4.78, 5) is 0. The normalized spacial score (nSPS) is 14.7. The van der Waals surface area contributed by atoms with Crippen LogP contribution in [-0.2, 0) is 0 Å². The topological polar surface area (TPSA) is 24.7 Å². The van der Waals surface area contributed by atoms with E-state index in [9.17, 15) is 0 Å². The summed E-state index contributed by atoms with van der Waals surface area (Å²) in [5.41, 5.74) is 0.0999. The highest BCUT2D eigenvalue weighted by Gasteiger charge is 2.32. The van der Waals surface area contributed by atoms with Crippen LogP contribution in [0.2, 0.25) is 0 Å². The zero-order valence-electron chi connectivity index (χ0n) is 9.47. The molecule has 0 unspecified atom stereocenters. The lowest BCUT2D eigenvalue weighted by Gasteiger charge is -2.33. The Morgan fingerprint density at radius 1 is 0.917 bits per heavy atom. The van der Waals surface area contributed by atoms with Crippen LogP contribution in [-0.4, -0.2) is 11.6 Å². The molecule has 0 aromatic heterocycles. The highest BCUT2D eigenvalue weighted by molar-refractivity contribution is 4.88. The van der Waals surface area contributed by atoms with E-state index >= 15 is 0 Å². The van der Waals surface area contributed by atoms with Crippen molar-refractivity contribution < 1.29 is 0 Å². The molecule has 0 aromatic rings. The molecule has 0 heterocycles. The van der Waals surface area contributed by atoms with Gasteiger partial charge in [0.1, 0.15) is 0 Å². The van der Waals surface area contributed by atoms with Crippen molar-refractivity contribution in [2.45, 2.75) is 60.0 Å². The molecule has 2 heteroatoms. The summed E-state index contributed by atoms with van der Waals surface area (Å²) in [6.07, 6.45) is 0. The van der Waals surface area contributed by atoms with Crippen LogP contribution in [0.25, 0.3) is 0 Å². The van der Waals surface area contributed by atoms with Gasteiger partial charge in [-0.3, -0.25) is 0 Å². The molecule has 0 saturated carbocycles. The first kappa shape index (κ1) is 11.6. The first-order valence-electron chi connectivity index (χ1n) is 4.59. The largest absolute Gasteiger partial charge is 0.191 e. The number of hydrogen-bond donors (Lipinski definition) is 0. The lowest BCUT2D eigenvalue weighted by Crippen LogP contribution is -2.34. The Hall–Kier alpha value is -0.400. The van der Waals surface area contributed by atoms with Gasteiger partial charge in [0.25, 0.3) is 0 Å². The van der Waals surface area contributed by atoms with Crippen molar-refractivity contribution in [1.82, 2.24) is 0 Å². The summed E-state index contributed by atoms with van der Waals surface area (Å²) in [5, 5.41) is 8.54. The fraction of sp³-hybridized carbons (Fsp3) is 1.00. The quantitative estimate of drug-likeness (QED) is 0.565. The van der Waals surface area contributed by atoms with Gasteiger partial charge in [-0.05, 0) is 33.1 Å². The fourth-order valence-corrected chi connectivity index (χ4v) is 0.410. The van der Waals surface area contributed by atoms with Gasteiger partial charge in [-0.1, -0.05) is 20.8 Å². The third kappa shape index (κ3) is 3.33. The molecule has 0 radical (unpaired) electrons. The molecule has 0 aromatic carbocycles. The van der Waals surface area contributed by atoms with Gasteiger partial charge in [0.2, 0.25) is 0 Å². The Labute approximate surface area is 76.5 Å². The Bertz CT molecular complexity index is 161. The van der Waals surface area contributed by atoms with E-state index in [0.717, 1.165) is 0 Å². The van der Waals surface area contributed by atoms with E-state index in [2.05, 4.69) is 44.8 Å². The van der Waals surface area contributed by atoms with Crippen molar-refractivity contribution in [2.75, 3.05) is 0 Å². The molecule has 0 spiro atoms. The van der Waals surface area contributed by atoms with Crippen molar-refractivity contribution >= 4 is 0 Å². The Kier molecular flexibility index (Phi) is 3.43. The van der Waals surface area contributed by atoms with Gasteiger partial charge >= 0.3 is 0 Å². The molecule has 0 aliphatic carbocycles. The van der Waals surface area contributed by atoms with E-state index in [1.54, 1.807) is 0 Å². The van der Waals surface area contributed by atoms with Gasteiger partial charge in [0, 0.05) is 0 Å². The maximum atomic E-state index is 4.35. The number of nitrogens with zero attached hydrogens (tertiary/aromatic N) is 2. The van der Waals surface area contributed by atoms with E-state index in [0.29, 0.717) is 6.04 Å². The molecule has 0 amide bonds. The van der Waals surface area contributed by atoms with Crippen molar-refractivity contribution in [3.05, 3.63) is 0 Å². The predicted octanol–water partition coefficient (Wildman–Crippen LogP) is 3.67. The standard InChI is InChI=1S/C10H22N2/c1-8(2)11-12-10(6,7)9(3,4)5/h8H,1-7H3. The number of rotatable bonds is 2. The lowest BCUT2D eigenvalue weighted by atomic mass is 9.77. The third-order valence-electron chi connectivity index (χ3n) is 2.37. The van der Waals surface area contributed by atoms with E-state index in [1.165, 1.54) is 0 Å². The van der Waals surface area contributed by atoms with Crippen molar-refractivity contribution in [1.29, 1.82) is 0 Å². The van der Waals surface area contributed by atoms with Gasteiger partial charge < -0.3 is 0 Å². The van der Waals surface area contributed by atoms with Gasteiger partial charge in [0.05, 0.1) is 11.6 Å². The molecular formula is C10H22N2. The first-order valence-corrected chi connectivity index (χ1v) is 4.59. The molecule has 2 nitrogen and oxygen atoms in total. The Morgan fingerprint density at radius 3 is 1.58 bits per heavy atom. The summed E-state index contributed by atoms with van der Waals surface area (Å²) >= 11 is 0. The zero-order chi connectivity index (χ0) is 9.99. The SMILES string of the molecule is CC(C)N=NC(C)(C)C(C)(C)C. The molecule has 0 bridgehead atoms. The average molecular weight is 170 g/mol. The van der Waals surface area contributed by atoms with Crippen LogP contribution >= 0.6 is 0 Å². The van der Waals surface area contributed by atoms with Crippen molar-refractivity contribution in [3.8, 4) is 0 Å². The second-order valence-electron chi connectivity index (χ2n) is 5.12. The van der Waals surface area contributed by atoms with Crippen LogP contribution in [0, 0.1) is 5.41 Å². The molecule has 0 rings (SSSR count). The highest BCUT2D eigenvalue weighted by Crippen LogP contribution is 2.33. The molecule has 72 valence electrons. The smallest absolute Gasteiger partial charge is 0.0808 e. The summed E-state index contributed by atoms with van der Waals surface area (Å²) in [6.45, 7) is 14.9. The highest BCUT2D eigenvalue weighted by atomic mass is 15.2. The molecular weight excluding hydrogens is 148 g/mol. The second-order valence-corrected chi connectivity index (χ2v) is 5.12. The summed E-state index contributed by atoms with van der Waals surface area (Å²) in [6, 6.07) is 0.298. The Morgan fingerprint density at radius 2 is 1.33 bits per heavy atom. The van der Waals surface area contributed by atoms with E-state index in [4.69, 9.17) is 0 Å². The van der Waals surface area contributed by atoms with Crippen molar-refractivity contribution in [2.24, 2.45) is 15.6 Å². The van der Waals surface area contributed by atoms with Crippen LogP contribution in [0.4, 0.5) is 0 Å². The fourth-order valence-electron chi connectivity index (χ4n) is 0.410. The number of azo groups is 1. The van der Waals surface area contributed by atoms with Crippen LogP contribution in [0.3, 0.4) is 0 Å². The average Bonchev–Trinajstić information content (AvgIpc) is 1.81. The lowest BCUT2D eigenvalue weighted by molar-refractivity contribution is 0.220. The van der Waals surface area contributed by atoms with Gasteiger partial charge in [0.15, 0.2) is 0 Å². The van der Waals surface area contributed by atoms with Crippen molar-refractivity contribution in [3.63, 3.8) is 0 Å². The molecule has 0 atom stereocenters. The van der Waals surface area contributed by atoms with E-state index in [1.807, 2.05) is 13.8 Å². The van der Waals surface area contributed by atoms with Crippen LogP contribution in [0.15, 0.2) is 10.2 Å². The van der Waals surface area contributed by atoms with Gasteiger partial charge in [-0.15, -0.1) is 0 Å². The molecule has 0 N–H and O–H groups in total. The number of hydrogen-bond acceptors (Lipinski definition) is 2. The first-order chi connectivity index (χ1) is 5.17. The zero-order valence-corrected chi connectivity index (χ0v) is 9.47. The molecule has 0 fully saturated rings. The van der Waals surface area contributed by atoms with Crippen LogP contribution in [0.1, 0.15) is 48.5 Å². The summed E-state index contributed by atoms with van der Waals surface area (Å²) in [5.74, 6) is 0. The van der Waals surface area contributed by atoms with Gasteiger partial charge in [-0.25, -0.2) is 0 Å². The summed E-state index contributed by atoms with van der Waals surface area (Å²) < 4.78 is 0. The maximum Gasteiger partial charge on any atom is 0.0808 e. The van der Waals surface area contributed by atoms with E-state index < -0.39 is 0 Å². The Balaban J connectivity index is 4.43. The molecule has 0 aliphatic rings. The minimum Gasteiger partial charge on any atom is -0.191 e. The summed E-state index contributed by atoms with van der Waals surface area (Å²) in [7, 11) is 0. The minimum absolute atomic E-state index is 0.0722. The van der Waals surface area contributed by atoms with E-state index in [-0.39, 0.29) is 11.0 Å². The van der Waals surface area contributed by atoms with Gasteiger partial charge in [-0.2, -0.15) is 10.2 Å². The maximum absolute atomic E-state index is 4.35. The third-order valence-corrected chi connectivity index (χ3v) is 2.37. The molecule has 0 saturated heterocycles. The van der Waals surface area contributed by atoms with Crippen LogP contribution in [0.5, 0.6) is 0 Å². The monoisotopic (exact) mass is 170 g/mol. The molecule has 12 heavy (non-hydrogen) atoms.